The van der Waals surface area contributed by atoms with Crippen LogP contribution in [0, 0.1) is 0 Å². The maximum Gasteiger partial charge on any atom is 0.224 e. The third kappa shape index (κ3) is 2.85. The summed E-state index contributed by atoms with van der Waals surface area (Å²) in [4.78, 5) is 31.2. The number of nitrogens with zero attached hydrogens (tertiary/aromatic N) is 1. The Labute approximate surface area is 174 Å². The molecule has 0 fully saturated rings. The molecule has 1 N–H and O–H groups in total. The van der Waals surface area contributed by atoms with Gasteiger partial charge in [-0.2, -0.15) is 0 Å². The van der Waals surface area contributed by atoms with Crippen LogP contribution in [0.25, 0.3) is 22.5 Å². The minimum absolute atomic E-state index is 0.0587. The van der Waals surface area contributed by atoms with E-state index in [0.717, 1.165) is 28.1 Å². The van der Waals surface area contributed by atoms with Crippen LogP contribution in [0.5, 0.6) is 0 Å². The van der Waals surface area contributed by atoms with Crippen molar-refractivity contribution in [3.8, 4) is 22.5 Å². The quantitative estimate of drug-likeness (QED) is 0.491. The topological polar surface area (TPSA) is 53.2 Å². The summed E-state index contributed by atoms with van der Waals surface area (Å²) in [5.74, 6) is -0.212. The Balaban J connectivity index is 1.73. The lowest BCUT2D eigenvalue weighted by Crippen LogP contribution is -2.32. The van der Waals surface area contributed by atoms with Crippen LogP contribution in [0.15, 0.2) is 91.0 Å². The first kappa shape index (κ1) is 18.1. The van der Waals surface area contributed by atoms with Gasteiger partial charge in [0.05, 0.1) is 11.4 Å². The van der Waals surface area contributed by atoms with Gasteiger partial charge in [-0.15, -0.1) is 0 Å². The Morgan fingerprint density at radius 3 is 2.10 bits per heavy atom. The van der Waals surface area contributed by atoms with Crippen molar-refractivity contribution in [2.45, 2.75) is 13.0 Å². The van der Waals surface area contributed by atoms with Gasteiger partial charge in [0, 0.05) is 23.7 Å². The van der Waals surface area contributed by atoms with Gasteiger partial charge in [-0.3, -0.25) is 14.5 Å². The van der Waals surface area contributed by atoms with E-state index in [4.69, 9.17) is 0 Å². The van der Waals surface area contributed by atoms with E-state index in [1.54, 1.807) is 11.0 Å². The highest BCUT2D eigenvalue weighted by atomic mass is 16.2. The molecular formula is C26H20N2O2. The van der Waals surface area contributed by atoms with E-state index in [9.17, 15) is 9.59 Å². The summed E-state index contributed by atoms with van der Waals surface area (Å²) in [6.07, 6.45) is 0. The van der Waals surface area contributed by atoms with E-state index >= 15 is 0 Å². The molecule has 1 aliphatic rings. The Kier molecular flexibility index (Phi) is 4.32. The fraction of sp³-hybridized carbons (Fsp3) is 0.0769. The zero-order chi connectivity index (χ0) is 20.7. The fourth-order valence-electron chi connectivity index (χ4n) is 4.23. The number of rotatable bonds is 3. The lowest BCUT2D eigenvalue weighted by Gasteiger charge is -2.23. The zero-order valence-electron chi connectivity index (χ0n) is 16.5. The number of ketones is 1. The number of benzene rings is 3. The minimum Gasteiger partial charge on any atom is -0.354 e. The van der Waals surface area contributed by atoms with E-state index in [-0.39, 0.29) is 11.7 Å². The number of hydrogen-bond acceptors (Lipinski definition) is 2. The molecule has 146 valence electrons. The van der Waals surface area contributed by atoms with Gasteiger partial charge in [0.15, 0.2) is 5.78 Å². The molecule has 4 heteroatoms. The van der Waals surface area contributed by atoms with E-state index in [1.165, 1.54) is 6.92 Å². The van der Waals surface area contributed by atoms with Crippen LogP contribution in [-0.2, 0) is 4.79 Å². The van der Waals surface area contributed by atoms with Crippen molar-refractivity contribution in [1.82, 2.24) is 4.98 Å². The van der Waals surface area contributed by atoms with Gasteiger partial charge in [-0.05, 0) is 29.3 Å². The molecule has 3 aromatic carbocycles. The molecular weight excluding hydrogens is 372 g/mol. The van der Waals surface area contributed by atoms with Gasteiger partial charge in [0.2, 0.25) is 5.91 Å². The first-order chi connectivity index (χ1) is 14.6. The van der Waals surface area contributed by atoms with Crippen molar-refractivity contribution >= 4 is 17.4 Å². The monoisotopic (exact) mass is 392 g/mol. The SMILES string of the molecule is CC(=O)N1c2ccccc2C(=O)C1c1cc(-c2ccccc2)[nH]c1-c1ccccc1. The number of Topliss-reactive ketones (excluding diaryl/α,β-unsaturated/α-hetero) is 1. The predicted octanol–water partition coefficient (Wildman–Crippen LogP) is 5.64. The van der Waals surface area contributed by atoms with E-state index in [1.807, 2.05) is 84.9 Å². The summed E-state index contributed by atoms with van der Waals surface area (Å²) in [6.45, 7) is 1.51. The lowest BCUT2D eigenvalue weighted by atomic mass is 9.97. The number of carbonyl (C=O) groups excluding carboxylic acids is 2. The molecule has 5 rings (SSSR count). The van der Waals surface area contributed by atoms with Crippen molar-refractivity contribution in [3.63, 3.8) is 0 Å². The van der Waals surface area contributed by atoms with Gasteiger partial charge in [-0.25, -0.2) is 0 Å². The van der Waals surface area contributed by atoms with Crippen LogP contribution in [0.4, 0.5) is 5.69 Å². The maximum atomic E-state index is 13.4. The number of anilines is 1. The minimum atomic E-state index is -0.691. The molecule has 0 aliphatic carbocycles. The fourth-order valence-corrected chi connectivity index (χ4v) is 4.23. The third-order valence-corrected chi connectivity index (χ3v) is 5.56. The molecule has 1 unspecified atom stereocenters. The number of amides is 1. The summed E-state index contributed by atoms with van der Waals surface area (Å²) in [7, 11) is 0. The second kappa shape index (κ2) is 7.16. The molecule has 1 atom stereocenters. The first-order valence-electron chi connectivity index (χ1n) is 9.92. The molecule has 1 aliphatic heterocycles. The summed E-state index contributed by atoms with van der Waals surface area (Å²) in [5, 5.41) is 0. The Morgan fingerprint density at radius 1 is 0.833 bits per heavy atom. The van der Waals surface area contributed by atoms with Crippen LogP contribution in [0.3, 0.4) is 0 Å². The van der Waals surface area contributed by atoms with E-state index in [2.05, 4.69) is 4.98 Å². The Morgan fingerprint density at radius 2 is 1.43 bits per heavy atom. The number of nitrogens with one attached hydrogen (secondary N) is 1. The highest BCUT2D eigenvalue weighted by Gasteiger charge is 2.42. The van der Waals surface area contributed by atoms with Gasteiger partial charge in [0.1, 0.15) is 6.04 Å². The highest BCUT2D eigenvalue weighted by Crippen LogP contribution is 2.44. The predicted molar refractivity (Wildman–Crippen MR) is 118 cm³/mol. The smallest absolute Gasteiger partial charge is 0.224 e. The second-order valence-electron chi connectivity index (χ2n) is 7.42. The zero-order valence-corrected chi connectivity index (χ0v) is 16.5. The van der Waals surface area contributed by atoms with Crippen LogP contribution >= 0.6 is 0 Å². The second-order valence-corrected chi connectivity index (χ2v) is 7.42. The number of H-pyrrole nitrogens is 1. The van der Waals surface area contributed by atoms with Crippen LogP contribution in [0.1, 0.15) is 28.9 Å². The summed E-state index contributed by atoms with van der Waals surface area (Å²) in [5.41, 5.74) is 5.82. The van der Waals surface area contributed by atoms with Crippen molar-refractivity contribution in [3.05, 3.63) is 102 Å². The molecule has 0 saturated carbocycles. The molecule has 2 heterocycles. The van der Waals surface area contributed by atoms with Gasteiger partial charge in [-0.1, -0.05) is 72.8 Å². The van der Waals surface area contributed by atoms with Crippen molar-refractivity contribution in [2.75, 3.05) is 4.90 Å². The van der Waals surface area contributed by atoms with Crippen LogP contribution < -0.4 is 4.90 Å². The van der Waals surface area contributed by atoms with Crippen LogP contribution in [-0.4, -0.2) is 16.7 Å². The molecule has 0 spiro atoms. The molecule has 0 radical (unpaired) electrons. The molecule has 1 aromatic heterocycles. The molecule has 30 heavy (non-hydrogen) atoms. The summed E-state index contributed by atoms with van der Waals surface area (Å²) in [6, 6.07) is 28.5. The summed E-state index contributed by atoms with van der Waals surface area (Å²) >= 11 is 0. The normalized spacial score (nSPS) is 15.3. The molecule has 4 aromatic rings. The Bertz CT molecular complexity index is 1240. The van der Waals surface area contributed by atoms with Crippen molar-refractivity contribution < 1.29 is 9.59 Å². The van der Waals surface area contributed by atoms with E-state index in [0.29, 0.717) is 11.3 Å². The number of fused-ring (bicyclic) bond motifs is 1. The van der Waals surface area contributed by atoms with Crippen LogP contribution in [0.2, 0.25) is 0 Å². The van der Waals surface area contributed by atoms with Gasteiger partial charge in [0.25, 0.3) is 0 Å². The highest BCUT2D eigenvalue weighted by molar-refractivity contribution is 6.18. The number of aromatic nitrogens is 1. The average Bonchev–Trinajstić information content (AvgIpc) is 3.35. The molecule has 1 amide bonds. The third-order valence-electron chi connectivity index (χ3n) is 5.56. The number of hydrogen-bond donors (Lipinski definition) is 1. The van der Waals surface area contributed by atoms with Crippen molar-refractivity contribution in [1.29, 1.82) is 0 Å². The first-order valence-corrected chi connectivity index (χ1v) is 9.92. The molecule has 0 bridgehead atoms. The van der Waals surface area contributed by atoms with Crippen molar-refractivity contribution in [2.24, 2.45) is 0 Å². The Hall–Kier alpha value is -3.92. The molecule has 0 saturated heterocycles. The average molecular weight is 392 g/mol. The molecule has 4 nitrogen and oxygen atoms in total. The van der Waals surface area contributed by atoms with Gasteiger partial charge < -0.3 is 4.98 Å². The van der Waals surface area contributed by atoms with E-state index < -0.39 is 6.04 Å². The number of carbonyl (C=O) groups is 2. The van der Waals surface area contributed by atoms with Gasteiger partial charge >= 0.3 is 0 Å². The lowest BCUT2D eigenvalue weighted by molar-refractivity contribution is -0.116. The largest absolute Gasteiger partial charge is 0.354 e. The summed E-state index contributed by atoms with van der Waals surface area (Å²) < 4.78 is 0. The standard InChI is InChI=1S/C26H20N2O2/c1-17(29)28-23-15-9-8-14-20(23)26(30)25(28)21-16-22(18-10-4-2-5-11-18)27-24(21)19-12-6-3-7-13-19/h2-16,25,27H,1H3. The number of para-hydroxylation sites is 1. The number of aromatic amines is 1. The maximum absolute atomic E-state index is 13.4.